The summed E-state index contributed by atoms with van der Waals surface area (Å²) in [6, 6.07) is 64.6. The number of para-hydroxylation sites is 1. The summed E-state index contributed by atoms with van der Waals surface area (Å²) in [7, 11) is 0. The van der Waals surface area contributed by atoms with Crippen LogP contribution in [0.1, 0.15) is 5.56 Å². The van der Waals surface area contributed by atoms with Gasteiger partial charge >= 0.3 is 0 Å². The van der Waals surface area contributed by atoms with Gasteiger partial charge < -0.3 is 4.98 Å². The minimum Gasteiger partial charge on any atom is -0.354 e. The molecular formula is C49H33N. The molecule has 0 aliphatic heterocycles. The molecule has 9 aromatic carbocycles. The molecule has 234 valence electrons. The van der Waals surface area contributed by atoms with Crippen LogP contribution in [0, 0.1) is 6.92 Å². The Labute approximate surface area is 291 Å². The monoisotopic (exact) mass is 635 g/mol. The first-order valence-corrected chi connectivity index (χ1v) is 17.3. The van der Waals surface area contributed by atoms with Crippen molar-refractivity contribution < 1.29 is 0 Å². The van der Waals surface area contributed by atoms with E-state index in [0.717, 1.165) is 5.52 Å². The predicted molar refractivity (Wildman–Crippen MR) is 215 cm³/mol. The van der Waals surface area contributed by atoms with E-state index < -0.39 is 0 Å². The molecule has 1 aromatic heterocycles. The van der Waals surface area contributed by atoms with Gasteiger partial charge in [-0.1, -0.05) is 140 Å². The molecule has 0 radical (unpaired) electrons. The number of benzene rings is 9. The molecule has 1 N–H and O–H groups in total. The SMILES string of the molecule is Cc1ccccc1-c1cc(-c2cccc(-c3cccc(-c4ccc5c6ccccc6c6ccccc6c5c4)c3)c2)cc2c1[nH]c1ccccc12. The van der Waals surface area contributed by atoms with Crippen molar-refractivity contribution in [2.75, 3.05) is 0 Å². The number of aromatic amines is 1. The second-order valence-electron chi connectivity index (χ2n) is 13.4. The van der Waals surface area contributed by atoms with Crippen molar-refractivity contribution in [3.63, 3.8) is 0 Å². The van der Waals surface area contributed by atoms with E-state index in [1.165, 1.54) is 98.7 Å². The molecule has 0 saturated heterocycles. The second-order valence-corrected chi connectivity index (χ2v) is 13.4. The van der Waals surface area contributed by atoms with Gasteiger partial charge in [-0.25, -0.2) is 0 Å². The van der Waals surface area contributed by atoms with Crippen LogP contribution in [-0.4, -0.2) is 4.98 Å². The van der Waals surface area contributed by atoms with Crippen molar-refractivity contribution in [3.05, 3.63) is 181 Å². The van der Waals surface area contributed by atoms with Crippen LogP contribution in [0.15, 0.2) is 176 Å². The van der Waals surface area contributed by atoms with E-state index in [4.69, 9.17) is 0 Å². The predicted octanol–water partition coefficient (Wildman–Crippen LogP) is 13.8. The summed E-state index contributed by atoms with van der Waals surface area (Å²) >= 11 is 0. The van der Waals surface area contributed by atoms with E-state index in [9.17, 15) is 0 Å². The molecule has 0 spiro atoms. The fourth-order valence-electron chi connectivity index (χ4n) is 8.05. The molecular weight excluding hydrogens is 603 g/mol. The molecule has 0 amide bonds. The zero-order valence-corrected chi connectivity index (χ0v) is 27.7. The number of aryl methyl sites for hydroxylation is 1. The number of nitrogens with one attached hydrogen (secondary N) is 1. The van der Waals surface area contributed by atoms with E-state index in [-0.39, 0.29) is 0 Å². The highest BCUT2D eigenvalue weighted by Gasteiger charge is 2.15. The lowest BCUT2D eigenvalue weighted by Gasteiger charge is -2.13. The van der Waals surface area contributed by atoms with Crippen LogP contribution >= 0.6 is 0 Å². The Hall–Kier alpha value is -6.44. The summed E-state index contributed by atoms with van der Waals surface area (Å²) in [5.74, 6) is 0. The Kier molecular flexibility index (Phi) is 6.47. The topological polar surface area (TPSA) is 15.8 Å². The van der Waals surface area contributed by atoms with Crippen molar-refractivity contribution >= 4 is 54.1 Å². The van der Waals surface area contributed by atoms with Crippen molar-refractivity contribution in [3.8, 4) is 44.5 Å². The van der Waals surface area contributed by atoms with Crippen LogP contribution in [0.3, 0.4) is 0 Å². The van der Waals surface area contributed by atoms with Gasteiger partial charge in [-0.05, 0) is 120 Å². The zero-order valence-electron chi connectivity index (χ0n) is 27.7. The first-order valence-electron chi connectivity index (χ1n) is 17.3. The third-order valence-electron chi connectivity index (χ3n) is 10.5. The average molecular weight is 636 g/mol. The minimum atomic E-state index is 1.16. The molecule has 0 atom stereocenters. The molecule has 0 saturated carbocycles. The average Bonchev–Trinajstić information content (AvgIpc) is 3.57. The van der Waals surface area contributed by atoms with Crippen LogP contribution in [0.5, 0.6) is 0 Å². The van der Waals surface area contributed by atoms with E-state index in [0.29, 0.717) is 0 Å². The summed E-state index contributed by atoms with van der Waals surface area (Å²) in [5.41, 5.74) is 13.4. The smallest absolute Gasteiger partial charge is 0.0545 e. The van der Waals surface area contributed by atoms with Crippen molar-refractivity contribution in [1.29, 1.82) is 0 Å². The van der Waals surface area contributed by atoms with E-state index >= 15 is 0 Å². The zero-order chi connectivity index (χ0) is 33.2. The van der Waals surface area contributed by atoms with E-state index in [2.05, 4.69) is 188 Å². The molecule has 0 fully saturated rings. The van der Waals surface area contributed by atoms with Crippen LogP contribution < -0.4 is 0 Å². The highest BCUT2D eigenvalue weighted by Crippen LogP contribution is 2.41. The first kappa shape index (κ1) is 28.6. The molecule has 10 aromatic rings. The Balaban J connectivity index is 1.10. The maximum absolute atomic E-state index is 3.74. The molecule has 1 heterocycles. The van der Waals surface area contributed by atoms with Crippen LogP contribution in [0.2, 0.25) is 0 Å². The maximum Gasteiger partial charge on any atom is 0.0545 e. The number of H-pyrrole nitrogens is 1. The van der Waals surface area contributed by atoms with Gasteiger partial charge in [0.05, 0.1) is 5.52 Å². The van der Waals surface area contributed by atoms with Gasteiger partial charge in [0.1, 0.15) is 0 Å². The molecule has 0 aliphatic rings. The molecule has 0 unspecified atom stereocenters. The number of fused-ring (bicyclic) bond motifs is 9. The Morgan fingerprint density at radius 3 is 1.42 bits per heavy atom. The van der Waals surface area contributed by atoms with E-state index in [1.807, 2.05) is 0 Å². The first-order chi connectivity index (χ1) is 24.7. The molecule has 10 rings (SSSR count). The Morgan fingerprint density at radius 1 is 0.300 bits per heavy atom. The highest BCUT2D eigenvalue weighted by molar-refractivity contribution is 6.25. The number of aromatic nitrogens is 1. The largest absolute Gasteiger partial charge is 0.354 e. The lowest BCUT2D eigenvalue weighted by molar-refractivity contribution is 1.45. The number of rotatable bonds is 4. The summed E-state index contributed by atoms with van der Waals surface area (Å²) in [6.45, 7) is 2.20. The van der Waals surface area contributed by atoms with E-state index in [1.54, 1.807) is 0 Å². The lowest BCUT2D eigenvalue weighted by Crippen LogP contribution is -1.88. The van der Waals surface area contributed by atoms with Crippen LogP contribution in [0.25, 0.3) is 98.6 Å². The third kappa shape index (κ3) is 4.55. The van der Waals surface area contributed by atoms with Gasteiger partial charge in [0.15, 0.2) is 0 Å². The van der Waals surface area contributed by atoms with Crippen LogP contribution in [0.4, 0.5) is 0 Å². The second kappa shape index (κ2) is 11.3. The molecule has 0 aliphatic carbocycles. The fourth-order valence-corrected chi connectivity index (χ4v) is 8.05. The minimum absolute atomic E-state index is 1.16. The normalized spacial score (nSPS) is 11.7. The Morgan fingerprint density at radius 2 is 0.780 bits per heavy atom. The lowest BCUT2D eigenvalue weighted by atomic mass is 9.91. The summed E-state index contributed by atoms with van der Waals surface area (Å²) in [4.78, 5) is 3.74. The molecule has 1 nitrogen and oxygen atoms in total. The van der Waals surface area contributed by atoms with Gasteiger partial charge in [0.25, 0.3) is 0 Å². The summed E-state index contributed by atoms with van der Waals surface area (Å²) in [6.07, 6.45) is 0. The quantitative estimate of drug-likeness (QED) is 0.185. The van der Waals surface area contributed by atoms with Gasteiger partial charge in [-0.15, -0.1) is 0 Å². The van der Waals surface area contributed by atoms with Crippen molar-refractivity contribution in [1.82, 2.24) is 4.98 Å². The van der Waals surface area contributed by atoms with Gasteiger partial charge in [-0.3, -0.25) is 0 Å². The number of hydrogen-bond donors (Lipinski definition) is 1. The maximum atomic E-state index is 3.74. The highest BCUT2D eigenvalue weighted by atomic mass is 14.7. The van der Waals surface area contributed by atoms with Crippen LogP contribution in [-0.2, 0) is 0 Å². The molecule has 50 heavy (non-hydrogen) atoms. The number of hydrogen-bond acceptors (Lipinski definition) is 0. The van der Waals surface area contributed by atoms with Gasteiger partial charge in [0.2, 0.25) is 0 Å². The summed E-state index contributed by atoms with van der Waals surface area (Å²) < 4.78 is 0. The van der Waals surface area contributed by atoms with Crippen molar-refractivity contribution in [2.24, 2.45) is 0 Å². The van der Waals surface area contributed by atoms with Gasteiger partial charge in [-0.2, -0.15) is 0 Å². The third-order valence-corrected chi connectivity index (χ3v) is 10.5. The molecule has 1 heteroatoms. The summed E-state index contributed by atoms with van der Waals surface area (Å²) in [5, 5.41) is 10.3. The molecule has 0 bridgehead atoms. The fraction of sp³-hybridized carbons (Fsp3) is 0.0204. The Bertz CT molecular complexity index is 2910. The van der Waals surface area contributed by atoms with Crippen molar-refractivity contribution in [2.45, 2.75) is 6.92 Å². The van der Waals surface area contributed by atoms with Gasteiger partial charge in [0, 0.05) is 21.9 Å². The standard InChI is InChI=1S/C49H33N/c1-31-12-2-3-17-38(31)46-29-37(30-47-44-22-8-9-23-48(44)50-49(46)47)35-16-11-14-33(27-35)32-13-10-15-34(26-32)36-24-25-43-41-20-5-4-18-39(41)40-19-6-7-21-42(40)45(43)28-36/h2-30,50H,1H3.